The molecule has 0 saturated carbocycles. The Hall–Kier alpha value is -2.98. The molecule has 45 heavy (non-hydrogen) atoms. The van der Waals surface area contributed by atoms with Gasteiger partial charge in [0, 0.05) is 24.6 Å². The zero-order valence-electron chi connectivity index (χ0n) is 25.8. The number of anilines is 2. The van der Waals surface area contributed by atoms with E-state index in [1.165, 1.54) is 6.07 Å². The first-order valence-corrected chi connectivity index (χ1v) is 16.3. The summed E-state index contributed by atoms with van der Waals surface area (Å²) in [4.78, 5) is 50.1. The maximum absolute atomic E-state index is 12.1. The average Bonchev–Trinajstić information content (AvgIpc) is 3.27. The van der Waals surface area contributed by atoms with Crippen LogP contribution in [-0.2, 0) is 14.8 Å². The maximum Gasteiger partial charge on any atom is 0.442 e. The van der Waals surface area contributed by atoms with Gasteiger partial charge in [-0.1, -0.05) is 44.0 Å². The van der Waals surface area contributed by atoms with Crippen LogP contribution in [0.3, 0.4) is 0 Å². The van der Waals surface area contributed by atoms with E-state index in [2.05, 4.69) is 36.0 Å². The quantitative estimate of drug-likeness (QED) is 0.151. The largest absolute Gasteiger partial charge is 0.489 e. The predicted octanol–water partition coefficient (Wildman–Crippen LogP) is 4.40. The number of hydrogen-bond donors (Lipinski definition) is 6. The average molecular weight is 716 g/mol. The van der Waals surface area contributed by atoms with Gasteiger partial charge in [-0.15, -0.1) is 5.10 Å². The first kappa shape index (κ1) is 40.0. The van der Waals surface area contributed by atoms with Gasteiger partial charge in [0.2, 0.25) is 23.1 Å². The Morgan fingerprint density at radius 2 is 1.60 bits per heavy atom. The number of aromatic nitrogens is 5. The van der Waals surface area contributed by atoms with Crippen molar-refractivity contribution >= 4 is 60.3 Å². The Labute approximate surface area is 275 Å². The number of nitrogens with zero attached hydrogens (tertiary/aromatic N) is 5. The summed E-state index contributed by atoms with van der Waals surface area (Å²) in [5.41, 5.74) is -0.0217. The number of carboxylic acids is 1. The lowest BCUT2D eigenvalue weighted by Gasteiger charge is -2.13. The number of aliphatic carboxylic acids is 1. The van der Waals surface area contributed by atoms with E-state index in [4.69, 9.17) is 58.9 Å². The summed E-state index contributed by atoms with van der Waals surface area (Å²) in [6.07, 6.45) is -0.662. The van der Waals surface area contributed by atoms with E-state index in [1.54, 1.807) is 6.07 Å². The normalized spacial score (nSPS) is 11.2. The van der Waals surface area contributed by atoms with Crippen molar-refractivity contribution in [2.45, 2.75) is 60.0 Å². The van der Waals surface area contributed by atoms with E-state index in [1.807, 2.05) is 48.5 Å². The lowest BCUT2D eigenvalue weighted by atomic mass is 9.97. The number of rotatable bonds is 11. The van der Waals surface area contributed by atoms with E-state index in [-0.39, 0.29) is 21.8 Å². The zero-order chi connectivity index (χ0) is 34.5. The fourth-order valence-corrected chi connectivity index (χ4v) is 3.96. The van der Waals surface area contributed by atoms with Gasteiger partial charge in [-0.2, -0.15) is 19.6 Å². The summed E-state index contributed by atoms with van der Waals surface area (Å²) in [6.45, 7) is 14.5. The molecule has 0 atom stereocenters. The number of nitrogens with one attached hydrogen (secondary N) is 3. The molecular formula is C25H38Cl3N8O8P. The monoisotopic (exact) mass is 714 g/mol. The van der Waals surface area contributed by atoms with E-state index in [0.29, 0.717) is 34.2 Å². The summed E-state index contributed by atoms with van der Waals surface area (Å²) < 4.78 is 22.0. The number of carbonyl (C=O) groups is 1. The molecule has 3 rings (SSSR count). The molecular weight excluding hydrogens is 678 g/mol. The topological polar surface area (TPSA) is 227 Å². The number of ether oxygens (including phenoxy) is 1. The zero-order valence-corrected chi connectivity index (χ0v) is 28.9. The lowest BCUT2D eigenvalue weighted by molar-refractivity contribution is -0.135. The summed E-state index contributed by atoms with van der Waals surface area (Å²) in [6, 6.07) is 3.11. The van der Waals surface area contributed by atoms with Crippen molar-refractivity contribution in [1.29, 1.82) is 0 Å². The van der Waals surface area contributed by atoms with Crippen molar-refractivity contribution in [2.75, 3.05) is 36.6 Å². The van der Waals surface area contributed by atoms with Crippen molar-refractivity contribution in [3.8, 4) is 11.4 Å². The first-order chi connectivity index (χ1) is 20.8. The third-order valence-corrected chi connectivity index (χ3v) is 6.06. The fourth-order valence-electron chi connectivity index (χ4n) is 2.89. The van der Waals surface area contributed by atoms with Gasteiger partial charge in [-0.3, -0.25) is 14.7 Å². The molecule has 252 valence electrons. The maximum atomic E-state index is 12.1. The molecule has 0 unspecified atom stereocenters. The van der Waals surface area contributed by atoms with Crippen molar-refractivity contribution in [1.82, 2.24) is 30.0 Å². The highest BCUT2D eigenvalue weighted by atomic mass is 35.5. The second kappa shape index (κ2) is 18.2. The first-order valence-electron chi connectivity index (χ1n) is 13.4. The van der Waals surface area contributed by atoms with Gasteiger partial charge >= 0.3 is 19.3 Å². The van der Waals surface area contributed by atoms with Crippen LogP contribution in [-0.4, -0.2) is 77.6 Å². The molecule has 0 bridgehead atoms. The SMILES string of the molecule is CC(C)Oc1cc(-n2nc(C(C)(C)C)oc2=O)c(Cl)cc1Cl.CCNc1nc(Cl)nc(NCC)n1.O=C(O)CNCP(=O)(O)O. The molecule has 0 spiro atoms. The van der Waals surface area contributed by atoms with E-state index < -0.39 is 32.2 Å². The number of benzene rings is 1. The van der Waals surface area contributed by atoms with Gasteiger partial charge in [-0.25, -0.2) is 4.79 Å². The van der Waals surface area contributed by atoms with Crippen LogP contribution in [0, 0.1) is 0 Å². The molecule has 6 N–H and O–H groups in total. The Morgan fingerprint density at radius 3 is 2.02 bits per heavy atom. The van der Waals surface area contributed by atoms with E-state index in [0.717, 1.165) is 17.8 Å². The Kier molecular flexibility index (Phi) is 16.2. The minimum absolute atomic E-state index is 0.0642. The standard InChI is InChI=1S/C15H18Cl2N2O3.C7H12ClN5.C3H8NO5P/c1-8(2)21-12-7-11(9(16)6-10(12)17)19-14(20)22-13(18-19)15(3,4)5;1-3-9-6-11-5(8)12-7(13-6)10-4-2;5-3(6)1-4-2-10(7,8)9/h6-8H,1-5H3;3-4H2,1-2H3,(H2,9,10,11,12,13);4H,1-2H2,(H,5,6)(H2,7,8,9). The van der Waals surface area contributed by atoms with Crippen molar-refractivity contribution in [3.05, 3.63) is 43.9 Å². The summed E-state index contributed by atoms with van der Waals surface area (Å²) in [5.74, 6) is 0.00751. The third kappa shape index (κ3) is 15.2. The van der Waals surface area contributed by atoms with Crippen molar-refractivity contribution in [3.63, 3.8) is 0 Å². The summed E-state index contributed by atoms with van der Waals surface area (Å²) >= 11 is 18.0. The Bertz CT molecular complexity index is 1480. The van der Waals surface area contributed by atoms with Crippen LogP contribution in [0.5, 0.6) is 5.75 Å². The van der Waals surface area contributed by atoms with E-state index in [9.17, 15) is 14.2 Å². The van der Waals surface area contributed by atoms with Gasteiger partial charge in [0.25, 0.3) is 0 Å². The molecule has 3 aromatic rings. The molecule has 1 aromatic carbocycles. The molecule has 0 fully saturated rings. The second-order valence-corrected chi connectivity index (χ2v) is 13.0. The van der Waals surface area contributed by atoms with Gasteiger partial charge < -0.3 is 34.7 Å². The molecule has 0 saturated heterocycles. The van der Waals surface area contributed by atoms with Crippen LogP contribution >= 0.6 is 42.4 Å². The van der Waals surface area contributed by atoms with Gasteiger partial charge in [0.05, 0.1) is 34.7 Å². The van der Waals surface area contributed by atoms with Crippen LogP contribution < -0.4 is 26.4 Å². The number of hydrogen-bond acceptors (Lipinski definition) is 12. The lowest BCUT2D eigenvalue weighted by Crippen LogP contribution is -2.23. The summed E-state index contributed by atoms with van der Waals surface area (Å²) in [7, 11) is -4.10. The van der Waals surface area contributed by atoms with Crippen LogP contribution in [0.1, 0.15) is 54.4 Å². The van der Waals surface area contributed by atoms with Crippen LogP contribution in [0.25, 0.3) is 5.69 Å². The van der Waals surface area contributed by atoms with Crippen LogP contribution in [0.2, 0.25) is 15.3 Å². The van der Waals surface area contributed by atoms with Gasteiger partial charge in [0.15, 0.2) is 0 Å². The predicted molar refractivity (Wildman–Crippen MR) is 172 cm³/mol. The number of halogens is 3. The molecule has 16 nitrogen and oxygen atoms in total. The second-order valence-electron chi connectivity index (χ2n) is 10.2. The Balaban J connectivity index is 0.000000374. The highest BCUT2D eigenvalue weighted by Gasteiger charge is 2.24. The van der Waals surface area contributed by atoms with Gasteiger partial charge in [0.1, 0.15) is 5.75 Å². The number of carboxylic acid groups (broad SMARTS) is 1. The minimum atomic E-state index is -4.10. The molecule has 0 radical (unpaired) electrons. The third-order valence-electron chi connectivity index (χ3n) is 4.65. The van der Waals surface area contributed by atoms with Gasteiger partial charge in [-0.05, 0) is 45.4 Å². The van der Waals surface area contributed by atoms with Crippen LogP contribution in [0.4, 0.5) is 11.9 Å². The molecule has 0 aliphatic rings. The fraction of sp³-hybridized carbons (Fsp3) is 0.520. The Morgan fingerprint density at radius 1 is 1.04 bits per heavy atom. The molecule has 0 aliphatic carbocycles. The van der Waals surface area contributed by atoms with Crippen molar-refractivity contribution < 1.29 is 33.4 Å². The highest BCUT2D eigenvalue weighted by molar-refractivity contribution is 7.51. The smallest absolute Gasteiger partial charge is 0.442 e. The molecule has 0 amide bonds. The highest BCUT2D eigenvalue weighted by Crippen LogP contribution is 2.34. The molecule has 20 heteroatoms. The van der Waals surface area contributed by atoms with Crippen molar-refractivity contribution in [2.24, 2.45) is 0 Å². The summed E-state index contributed by atoms with van der Waals surface area (Å²) in [5, 5.41) is 21.0. The molecule has 2 aromatic heterocycles. The van der Waals surface area contributed by atoms with Crippen LogP contribution in [0.15, 0.2) is 21.3 Å². The van der Waals surface area contributed by atoms with E-state index >= 15 is 0 Å². The molecule has 2 heterocycles. The molecule has 0 aliphatic heterocycles. The minimum Gasteiger partial charge on any atom is -0.489 e.